The second-order valence-corrected chi connectivity index (χ2v) is 5.47. The molecule has 0 aliphatic carbocycles. The van der Waals surface area contributed by atoms with E-state index in [2.05, 4.69) is 0 Å². The van der Waals surface area contributed by atoms with E-state index in [0.29, 0.717) is 17.0 Å². The average Bonchev–Trinajstić information content (AvgIpc) is 2.83. The topological polar surface area (TPSA) is 17.1 Å². The lowest BCUT2D eigenvalue weighted by Crippen LogP contribution is -2.04. The van der Waals surface area contributed by atoms with Crippen LogP contribution >= 0.6 is 22.9 Å². The van der Waals surface area contributed by atoms with Gasteiger partial charge in [-0.25, -0.2) is 4.39 Å². The summed E-state index contributed by atoms with van der Waals surface area (Å²) in [7, 11) is 0. The highest BCUT2D eigenvalue weighted by molar-refractivity contribution is 7.09. The molecule has 2 rings (SSSR count). The van der Waals surface area contributed by atoms with Gasteiger partial charge in [0.25, 0.3) is 0 Å². The number of Topliss-reactive ketones (excluding diaryl/α,β-unsaturated/α-hetero) is 1. The van der Waals surface area contributed by atoms with Gasteiger partial charge in [-0.05, 0) is 35.6 Å². The minimum atomic E-state index is -0.380. The molecule has 1 aromatic heterocycles. The van der Waals surface area contributed by atoms with Crippen molar-refractivity contribution in [3.8, 4) is 0 Å². The molecule has 0 radical (unpaired) electrons. The summed E-state index contributed by atoms with van der Waals surface area (Å²) in [5.41, 5.74) is 0.689. The molecule has 0 bridgehead atoms. The molecule has 0 saturated heterocycles. The van der Waals surface area contributed by atoms with Crippen LogP contribution in [0.4, 0.5) is 4.39 Å². The molecule has 0 aliphatic rings. The number of aryl methyl sites for hydroxylation is 1. The highest BCUT2D eigenvalue weighted by atomic mass is 35.5. The van der Waals surface area contributed by atoms with E-state index in [-0.39, 0.29) is 18.0 Å². The molecule has 0 atom stereocenters. The number of hydrogen-bond acceptors (Lipinski definition) is 2. The van der Waals surface area contributed by atoms with Crippen LogP contribution in [0.2, 0.25) is 5.02 Å². The van der Waals surface area contributed by atoms with Crippen molar-refractivity contribution >= 4 is 28.7 Å². The van der Waals surface area contributed by atoms with Crippen LogP contribution in [0.15, 0.2) is 35.7 Å². The summed E-state index contributed by atoms with van der Waals surface area (Å²) in [4.78, 5) is 13.0. The summed E-state index contributed by atoms with van der Waals surface area (Å²) in [5, 5.41) is 2.32. The number of hydrogen-bond donors (Lipinski definition) is 0. The highest BCUT2D eigenvalue weighted by Crippen LogP contribution is 2.19. The molecule has 18 heavy (non-hydrogen) atoms. The van der Waals surface area contributed by atoms with Crippen LogP contribution in [-0.4, -0.2) is 5.78 Å². The van der Waals surface area contributed by atoms with E-state index in [9.17, 15) is 9.18 Å². The number of halogens is 2. The molecule has 0 aliphatic heterocycles. The van der Waals surface area contributed by atoms with E-state index in [1.165, 1.54) is 17.0 Å². The van der Waals surface area contributed by atoms with Gasteiger partial charge in [0.2, 0.25) is 0 Å². The zero-order valence-electron chi connectivity index (χ0n) is 9.66. The van der Waals surface area contributed by atoms with Crippen LogP contribution in [0.5, 0.6) is 0 Å². The van der Waals surface area contributed by atoms with Gasteiger partial charge in [-0.2, -0.15) is 0 Å². The van der Waals surface area contributed by atoms with Crippen molar-refractivity contribution in [1.82, 2.24) is 0 Å². The van der Waals surface area contributed by atoms with Crippen LogP contribution in [0.3, 0.4) is 0 Å². The first kappa shape index (κ1) is 13.2. The Morgan fingerprint density at radius 3 is 2.83 bits per heavy atom. The lowest BCUT2D eigenvalue weighted by atomic mass is 10.1. The molecule has 2 aromatic rings. The Morgan fingerprint density at radius 2 is 2.17 bits per heavy atom. The van der Waals surface area contributed by atoms with E-state index in [4.69, 9.17) is 11.6 Å². The summed E-state index contributed by atoms with van der Waals surface area (Å²) >= 11 is 7.53. The van der Waals surface area contributed by atoms with Crippen LogP contribution < -0.4 is 0 Å². The maximum Gasteiger partial charge on any atom is 0.137 e. The van der Waals surface area contributed by atoms with Gasteiger partial charge in [-0.1, -0.05) is 23.7 Å². The Bertz CT molecular complexity index is 537. The maximum atomic E-state index is 12.9. The molecule has 4 heteroatoms. The first-order chi connectivity index (χ1) is 8.65. The summed E-state index contributed by atoms with van der Waals surface area (Å²) in [6.45, 7) is 0. The number of rotatable bonds is 5. The van der Waals surface area contributed by atoms with E-state index < -0.39 is 0 Å². The number of carbonyl (C=O) groups excluding carboxylic acids is 1. The Kier molecular flexibility index (Phi) is 4.50. The molecule has 1 aromatic carbocycles. The smallest absolute Gasteiger partial charge is 0.137 e. The Balaban J connectivity index is 1.91. The molecule has 0 N–H and O–H groups in total. The molecule has 0 fully saturated rings. The summed E-state index contributed by atoms with van der Waals surface area (Å²) < 4.78 is 12.9. The van der Waals surface area contributed by atoms with Crippen LogP contribution in [0, 0.1) is 5.82 Å². The third-order valence-electron chi connectivity index (χ3n) is 2.63. The molecule has 0 amide bonds. The normalized spacial score (nSPS) is 10.6. The van der Waals surface area contributed by atoms with Crippen LogP contribution in [0.1, 0.15) is 16.9 Å². The molecule has 0 saturated carbocycles. The van der Waals surface area contributed by atoms with Gasteiger partial charge in [-0.15, -0.1) is 11.3 Å². The van der Waals surface area contributed by atoms with Gasteiger partial charge in [0.05, 0.1) is 0 Å². The number of benzene rings is 1. The minimum Gasteiger partial charge on any atom is -0.299 e. The van der Waals surface area contributed by atoms with Gasteiger partial charge < -0.3 is 0 Å². The lowest BCUT2D eigenvalue weighted by molar-refractivity contribution is -0.118. The van der Waals surface area contributed by atoms with Crippen molar-refractivity contribution in [3.05, 3.63) is 57.0 Å². The standard InChI is InChI=1S/C14H12ClFOS/c15-14-9-11(16)4-3-10(14)8-12(17)5-6-13-2-1-7-18-13/h1-4,7,9H,5-6,8H2. The third-order valence-corrected chi connectivity index (χ3v) is 3.92. The van der Waals surface area contributed by atoms with E-state index in [1.54, 1.807) is 17.4 Å². The molecule has 1 nitrogen and oxygen atoms in total. The zero-order chi connectivity index (χ0) is 13.0. The SMILES string of the molecule is O=C(CCc1cccs1)Cc1ccc(F)cc1Cl. The van der Waals surface area contributed by atoms with Crippen molar-refractivity contribution in [3.63, 3.8) is 0 Å². The van der Waals surface area contributed by atoms with Gasteiger partial charge in [0.15, 0.2) is 0 Å². The Labute approximate surface area is 114 Å². The van der Waals surface area contributed by atoms with Crippen LogP contribution in [0.25, 0.3) is 0 Å². The van der Waals surface area contributed by atoms with Crippen molar-refractivity contribution in [2.45, 2.75) is 19.3 Å². The van der Waals surface area contributed by atoms with Crippen molar-refractivity contribution in [2.24, 2.45) is 0 Å². The van der Waals surface area contributed by atoms with E-state index in [1.807, 2.05) is 17.5 Å². The summed E-state index contributed by atoms with van der Waals surface area (Å²) in [6, 6.07) is 8.13. The monoisotopic (exact) mass is 282 g/mol. The van der Waals surface area contributed by atoms with Gasteiger partial charge in [0.1, 0.15) is 11.6 Å². The predicted molar refractivity (Wildman–Crippen MR) is 72.8 cm³/mol. The second kappa shape index (κ2) is 6.12. The zero-order valence-corrected chi connectivity index (χ0v) is 11.2. The Hall–Kier alpha value is -1.19. The third kappa shape index (κ3) is 3.65. The fraction of sp³-hybridized carbons (Fsp3) is 0.214. The molecule has 0 spiro atoms. The average molecular weight is 283 g/mol. The van der Waals surface area contributed by atoms with E-state index >= 15 is 0 Å². The maximum absolute atomic E-state index is 12.9. The fourth-order valence-corrected chi connectivity index (χ4v) is 2.63. The van der Waals surface area contributed by atoms with Gasteiger partial charge in [-0.3, -0.25) is 4.79 Å². The summed E-state index contributed by atoms with van der Waals surface area (Å²) in [5.74, 6) is -0.258. The highest BCUT2D eigenvalue weighted by Gasteiger charge is 2.08. The number of carbonyl (C=O) groups is 1. The minimum absolute atomic E-state index is 0.122. The van der Waals surface area contributed by atoms with Crippen molar-refractivity contribution in [1.29, 1.82) is 0 Å². The van der Waals surface area contributed by atoms with Crippen LogP contribution in [-0.2, 0) is 17.6 Å². The molecule has 94 valence electrons. The molecular weight excluding hydrogens is 271 g/mol. The number of ketones is 1. The quantitative estimate of drug-likeness (QED) is 0.800. The summed E-state index contributed by atoms with van der Waals surface area (Å²) in [6.07, 6.45) is 1.52. The first-order valence-corrected chi connectivity index (χ1v) is 6.89. The largest absolute Gasteiger partial charge is 0.299 e. The lowest BCUT2D eigenvalue weighted by Gasteiger charge is -2.03. The van der Waals surface area contributed by atoms with Gasteiger partial charge >= 0.3 is 0 Å². The van der Waals surface area contributed by atoms with Crippen molar-refractivity contribution in [2.75, 3.05) is 0 Å². The van der Waals surface area contributed by atoms with E-state index in [0.717, 1.165) is 6.42 Å². The molecular formula is C14H12ClFOS. The van der Waals surface area contributed by atoms with Gasteiger partial charge in [0, 0.05) is 22.7 Å². The Morgan fingerprint density at radius 1 is 1.33 bits per heavy atom. The first-order valence-electron chi connectivity index (χ1n) is 5.63. The molecule has 0 unspecified atom stereocenters. The molecule has 1 heterocycles. The fourth-order valence-electron chi connectivity index (χ4n) is 1.68. The second-order valence-electron chi connectivity index (χ2n) is 4.03. The predicted octanol–water partition coefficient (Wildman–Crippen LogP) is 4.29. The van der Waals surface area contributed by atoms with Crippen molar-refractivity contribution < 1.29 is 9.18 Å². The number of thiophene rings is 1.